The molecule has 0 amide bonds. The van der Waals surface area contributed by atoms with Crippen LogP contribution in [0.5, 0.6) is 0 Å². The standard InChI is InChI=1S/C15H21NO/c1-4-9-15(2,3)16-10-12-11-17-14-8-6-5-7-13(12)14/h5-8,11,16H,4,9-10H2,1-3H3. The van der Waals surface area contributed by atoms with Gasteiger partial charge in [-0.05, 0) is 26.3 Å². The zero-order chi connectivity index (χ0) is 12.3. The first kappa shape index (κ1) is 12.2. The molecule has 0 fully saturated rings. The second kappa shape index (κ2) is 4.92. The van der Waals surface area contributed by atoms with Crippen molar-refractivity contribution < 1.29 is 4.42 Å². The highest BCUT2D eigenvalue weighted by Crippen LogP contribution is 2.21. The van der Waals surface area contributed by atoms with E-state index in [1.807, 2.05) is 18.4 Å². The van der Waals surface area contributed by atoms with E-state index in [2.05, 4.69) is 38.2 Å². The maximum atomic E-state index is 5.53. The number of hydrogen-bond acceptors (Lipinski definition) is 2. The third kappa shape index (κ3) is 2.89. The van der Waals surface area contributed by atoms with E-state index in [9.17, 15) is 0 Å². The largest absolute Gasteiger partial charge is 0.464 e. The topological polar surface area (TPSA) is 25.2 Å². The summed E-state index contributed by atoms with van der Waals surface area (Å²) in [6, 6.07) is 8.18. The Balaban J connectivity index is 2.09. The summed E-state index contributed by atoms with van der Waals surface area (Å²) in [5.74, 6) is 0. The zero-order valence-corrected chi connectivity index (χ0v) is 10.9. The van der Waals surface area contributed by atoms with E-state index in [4.69, 9.17) is 4.42 Å². The van der Waals surface area contributed by atoms with Crippen molar-refractivity contribution in [3.8, 4) is 0 Å². The summed E-state index contributed by atoms with van der Waals surface area (Å²) in [5, 5.41) is 4.81. The molecule has 2 aromatic rings. The van der Waals surface area contributed by atoms with Crippen molar-refractivity contribution in [2.45, 2.75) is 45.7 Å². The van der Waals surface area contributed by atoms with Crippen LogP contribution in [0.15, 0.2) is 34.9 Å². The minimum Gasteiger partial charge on any atom is -0.464 e. The Hall–Kier alpha value is -1.28. The van der Waals surface area contributed by atoms with Crippen molar-refractivity contribution in [3.05, 3.63) is 36.1 Å². The number of nitrogens with one attached hydrogen (secondary N) is 1. The molecule has 0 saturated heterocycles. The molecule has 2 heteroatoms. The number of benzene rings is 1. The Morgan fingerprint density at radius 1 is 1.24 bits per heavy atom. The van der Waals surface area contributed by atoms with Crippen LogP contribution in [0.25, 0.3) is 11.0 Å². The predicted octanol–water partition coefficient (Wildman–Crippen LogP) is 4.10. The molecule has 92 valence electrons. The molecule has 1 aromatic carbocycles. The fourth-order valence-electron chi connectivity index (χ4n) is 2.22. The van der Waals surface area contributed by atoms with Crippen LogP contribution in [0.4, 0.5) is 0 Å². The summed E-state index contributed by atoms with van der Waals surface area (Å²) in [5.41, 5.74) is 2.40. The van der Waals surface area contributed by atoms with Crippen molar-refractivity contribution in [1.29, 1.82) is 0 Å². The van der Waals surface area contributed by atoms with Crippen LogP contribution in [-0.2, 0) is 6.54 Å². The summed E-state index contributed by atoms with van der Waals surface area (Å²) in [6.45, 7) is 7.58. The number of hydrogen-bond donors (Lipinski definition) is 1. The second-order valence-corrected chi connectivity index (χ2v) is 5.24. The van der Waals surface area contributed by atoms with Gasteiger partial charge in [0, 0.05) is 23.0 Å². The molecule has 0 aliphatic heterocycles. The highest BCUT2D eigenvalue weighted by Gasteiger charge is 2.16. The number of para-hydroxylation sites is 1. The molecule has 1 aromatic heterocycles. The summed E-state index contributed by atoms with van der Waals surface area (Å²) >= 11 is 0. The lowest BCUT2D eigenvalue weighted by Crippen LogP contribution is -2.38. The van der Waals surface area contributed by atoms with Gasteiger partial charge in [-0.1, -0.05) is 31.5 Å². The van der Waals surface area contributed by atoms with Gasteiger partial charge in [0.25, 0.3) is 0 Å². The highest BCUT2D eigenvalue weighted by molar-refractivity contribution is 5.80. The Morgan fingerprint density at radius 2 is 2.00 bits per heavy atom. The summed E-state index contributed by atoms with van der Waals surface area (Å²) in [6.07, 6.45) is 4.24. The molecule has 1 heterocycles. The van der Waals surface area contributed by atoms with Crippen molar-refractivity contribution >= 4 is 11.0 Å². The van der Waals surface area contributed by atoms with Crippen LogP contribution < -0.4 is 5.32 Å². The number of rotatable bonds is 5. The zero-order valence-electron chi connectivity index (χ0n) is 10.9. The van der Waals surface area contributed by atoms with Gasteiger partial charge in [0.2, 0.25) is 0 Å². The van der Waals surface area contributed by atoms with E-state index in [0.29, 0.717) is 0 Å². The van der Waals surface area contributed by atoms with Gasteiger partial charge in [-0.25, -0.2) is 0 Å². The van der Waals surface area contributed by atoms with Crippen molar-refractivity contribution in [2.24, 2.45) is 0 Å². The molecule has 2 rings (SSSR count). The molecule has 17 heavy (non-hydrogen) atoms. The Labute approximate surface area is 103 Å². The van der Waals surface area contributed by atoms with Gasteiger partial charge in [0.1, 0.15) is 5.58 Å². The normalized spacial score (nSPS) is 12.2. The number of furan rings is 1. The molecule has 0 saturated carbocycles. The molecule has 0 unspecified atom stereocenters. The minimum atomic E-state index is 0.188. The van der Waals surface area contributed by atoms with Gasteiger partial charge < -0.3 is 9.73 Å². The van der Waals surface area contributed by atoms with E-state index >= 15 is 0 Å². The summed E-state index contributed by atoms with van der Waals surface area (Å²) in [4.78, 5) is 0. The lowest BCUT2D eigenvalue weighted by atomic mass is 9.98. The first-order valence-electron chi connectivity index (χ1n) is 6.32. The molecule has 1 N–H and O–H groups in total. The van der Waals surface area contributed by atoms with E-state index in [1.165, 1.54) is 23.8 Å². The van der Waals surface area contributed by atoms with Gasteiger partial charge in [-0.15, -0.1) is 0 Å². The van der Waals surface area contributed by atoms with Crippen LogP contribution in [0.1, 0.15) is 39.2 Å². The minimum absolute atomic E-state index is 0.188. The van der Waals surface area contributed by atoms with Crippen molar-refractivity contribution in [1.82, 2.24) is 5.32 Å². The molecule has 0 spiro atoms. The van der Waals surface area contributed by atoms with E-state index < -0.39 is 0 Å². The average Bonchev–Trinajstić information content (AvgIpc) is 2.70. The summed E-state index contributed by atoms with van der Waals surface area (Å²) < 4.78 is 5.53. The Bertz CT molecular complexity index is 484. The first-order valence-corrected chi connectivity index (χ1v) is 6.32. The van der Waals surface area contributed by atoms with Gasteiger partial charge >= 0.3 is 0 Å². The first-order chi connectivity index (χ1) is 8.12. The molecular weight excluding hydrogens is 210 g/mol. The van der Waals surface area contributed by atoms with E-state index in [1.54, 1.807) is 0 Å². The molecule has 0 atom stereocenters. The third-order valence-electron chi connectivity index (χ3n) is 3.19. The monoisotopic (exact) mass is 231 g/mol. The molecule has 0 aliphatic rings. The third-order valence-corrected chi connectivity index (χ3v) is 3.19. The maximum Gasteiger partial charge on any atom is 0.134 e. The van der Waals surface area contributed by atoms with Gasteiger partial charge in [0.05, 0.1) is 6.26 Å². The van der Waals surface area contributed by atoms with Crippen molar-refractivity contribution in [2.75, 3.05) is 0 Å². The quantitative estimate of drug-likeness (QED) is 0.838. The fourth-order valence-corrected chi connectivity index (χ4v) is 2.22. The average molecular weight is 231 g/mol. The van der Waals surface area contributed by atoms with Gasteiger partial charge in [-0.2, -0.15) is 0 Å². The van der Waals surface area contributed by atoms with E-state index in [-0.39, 0.29) is 5.54 Å². The van der Waals surface area contributed by atoms with Crippen molar-refractivity contribution in [3.63, 3.8) is 0 Å². The molecular formula is C15H21NO. The highest BCUT2D eigenvalue weighted by atomic mass is 16.3. The lowest BCUT2D eigenvalue weighted by molar-refractivity contribution is 0.356. The van der Waals surface area contributed by atoms with Crippen LogP contribution in [0.3, 0.4) is 0 Å². The van der Waals surface area contributed by atoms with Gasteiger partial charge in [0.15, 0.2) is 0 Å². The smallest absolute Gasteiger partial charge is 0.134 e. The Kier molecular flexibility index (Phi) is 3.53. The Morgan fingerprint density at radius 3 is 2.76 bits per heavy atom. The summed E-state index contributed by atoms with van der Waals surface area (Å²) in [7, 11) is 0. The van der Waals surface area contributed by atoms with Crippen LogP contribution >= 0.6 is 0 Å². The van der Waals surface area contributed by atoms with Crippen LogP contribution in [0, 0.1) is 0 Å². The van der Waals surface area contributed by atoms with Crippen LogP contribution in [-0.4, -0.2) is 5.54 Å². The lowest BCUT2D eigenvalue weighted by Gasteiger charge is -2.25. The number of fused-ring (bicyclic) bond motifs is 1. The van der Waals surface area contributed by atoms with Crippen LogP contribution in [0.2, 0.25) is 0 Å². The maximum absolute atomic E-state index is 5.53. The van der Waals surface area contributed by atoms with Gasteiger partial charge in [-0.3, -0.25) is 0 Å². The molecule has 0 radical (unpaired) electrons. The molecule has 0 bridgehead atoms. The second-order valence-electron chi connectivity index (χ2n) is 5.24. The van der Waals surface area contributed by atoms with E-state index in [0.717, 1.165) is 12.1 Å². The SMILES string of the molecule is CCCC(C)(C)NCc1coc2ccccc12. The molecule has 0 aliphatic carbocycles. The predicted molar refractivity (Wildman–Crippen MR) is 72.0 cm³/mol. The molecule has 2 nitrogen and oxygen atoms in total. The fraction of sp³-hybridized carbons (Fsp3) is 0.467.